The quantitative estimate of drug-likeness (QED) is 0.657. The van der Waals surface area contributed by atoms with E-state index < -0.39 is 0 Å². The van der Waals surface area contributed by atoms with Crippen LogP contribution in [0.2, 0.25) is 0 Å². The second kappa shape index (κ2) is 3.49. The highest BCUT2D eigenvalue weighted by Gasteiger charge is 2.10. The minimum Gasteiger partial charge on any atom is -0.495 e. The smallest absolute Gasteiger partial charge is 0.140 e. The summed E-state index contributed by atoms with van der Waals surface area (Å²) in [6, 6.07) is 4.17. The second-order valence-electron chi connectivity index (χ2n) is 3.16. The van der Waals surface area contributed by atoms with E-state index in [9.17, 15) is 0 Å². The van der Waals surface area contributed by atoms with Gasteiger partial charge in [0.2, 0.25) is 0 Å². The first-order chi connectivity index (χ1) is 6.11. The molecule has 0 aliphatic carbocycles. The molecule has 1 aromatic carbocycles. The highest BCUT2D eigenvalue weighted by Crippen LogP contribution is 2.28. The fourth-order valence-corrected chi connectivity index (χ4v) is 1.44. The molecule has 0 spiro atoms. The molecular weight excluding hydrogens is 162 g/mol. The van der Waals surface area contributed by atoms with Crippen molar-refractivity contribution < 1.29 is 4.74 Å². The Hall–Kier alpha value is -1.49. The molecule has 0 unspecified atom stereocenters. The van der Waals surface area contributed by atoms with E-state index in [1.165, 1.54) is 0 Å². The molecule has 0 aliphatic heterocycles. The fourth-order valence-electron chi connectivity index (χ4n) is 1.44. The van der Waals surface area contributed by atoms with E-state index in [0.717, 1.165) is 16.7 Å². The van der Waals surface area contributed by atoms with Crippen LogP contribution >= 0.6 is 0 Å². The summed E-state index contributed by atoms with van der Waals surface area (Å²) in [7, 11) is 1.60. The maximum Gasteiger partial charge on any atom is 0.140 e. The van der Waals surface area contributed by atoms with Crippen molar-refractivity contribution in [2.75, 3.05) is 7.11 Å². The molecule has 0 saturated heterocycles. The average Bonchev–Trinajstić information content (AvgIpc) is 2.10. The third-order valence-electron chi connectivity index (χ3n) is 2.30. The van der Waals surface area contributed by atoms with Crippen LogP contribution in [0, 0.1) is 32.1 Å². The Morgan fingerprint density at radius 2 is 1.85 bits per heavy atom. The molecule has 1 rings (SSSR count). The number of hydrogen-bond acceptors (Lipinski definition) is 2. The first kappa shape index (κ1) is 9.60. The monoisotopic (exact) mass is 175 g/mol. The largest absolute Gasteiger partial charge is 0.495 e. The molecule has 1 aromatic rings. The number of ether oxygens (including phenoxy) is 1. The summed E-state index contributed by atoms with van der Waals surface area (Å²) in [6.45, 7) is 5.91. The number of rotatable bonds is 1. The normalized spacial score (nSPS) is 9.46. The topological polar surface area (TPSA) is 33.0 Å². The summed E-state index contributed by atoms with van der Waals surface area (Å²) in [5, 5.41) is 8.92. The summed E-state index contributed by atoms with van der Waals surface area (Å²) < 4.78 is 5.21. The maximum absolute atomic E-state index is 8.92. The van der Waals surface area contributed by atoms with Gasteiger partial charge < -0.3 is 4.74 Å². The molecule has 0 aliphatic rings. The van der Waals surface area contributed by atoms with Gasteiger partial charge in [-0.05, 0) is 37.5 Å². The van der Waals surface area contributed by atoms with Gasteiger partial charge in [0.1, 0.15) is 11.8 Å². The van der Waals surface area contributed by atoms with E-state index in [1.54, 1.807) is 7.11 Å². The van der Waals surface area contributed by atoms with Crippen molar-refractivity contribution in [3.63, 3.8) is 0 Å². The minimum atomic E-state index is 0.644. The predicted octanol–water partition coefficient (Wildman–Crippen LogP) is 2.49. The summed E-state index contributed by atoms with van der Waals surface area (Å²) in [5.74, 6) is 0.708. The lowest BCUT2D eigenvalue weighted by Crippen LogP contribution is -1.96. The van der Waals surface area contributed by atoms with Crippen molar-refractivity contribution in [2.45, 2.75) is 20.8 Å². The van der Waals surface area contributed by atoms with Crippen LogP contribution in [-0.2, 0) is 0 Å². The first-order valence-electron chi connectivity index (χ1n) is 4.16. The molecule has 2 nitrogen and oxygen atoms in total. The van der Waals surface area contributed by atoms with Crippen LogP contribution in [0.1, 0.15) is 22.3 Å². The van der Waals surface area contributed by atoms with Crippen LogP contribution < -0.4 is 4.74 Å². The second-order valence-corrected chi connectivity index (χ2v) is 3.16. The van der Waals surface area contributed by atoms with Crippen LogP contribution in [0.3, 0.4) is 0 Å². The maximum atomic E-state index is 8.92. The van der Waals surface area contributed by atoms with Crippen molar-refractivity contribution in [1.29, 1.82) is 5.26 Å². The van der Waals surface area contributed by atoms with Crippen molar-refractivity contribution in [3.8, 4) is 11.8 Å². The van der Waals surface area contributed by atoms with E-state index in [2.05, 4.69) is 6.07 Å². The minimum absolute atomic E-state index is 0.644. The highest BCUT2D eigenvalue weighted by molar-refractivity contribution is 5.55. The number of hydrogen-bond donors (Lipinski definition) is 0. The molecule has 13 heavy (non-hydrogen) atoms. The van der Waals surface area contributed by atoms with Gasteiger partial charge in [-0.3, -0.25) is 0 Å². The molecule has 0 bridgehead atoms. The van der Waals surface area contributed by atoms with E-state index in [-0.39, 0.29) is 0 Å². The molecule has 0 saturated carbocycles. The molecule has 0 atom stereocenters. The van der Waals surface area contributed by atoms with Crippen LogP contribution in [0.15, 0.2) is 6.07 Å². The molecule has 0 radical (unpaired) electrons. The van der Waals surface area contributed by atoms with Crippen LogP contribution in [0.25, 0.3) is 0 Å². The molecule has 68 valence electrons. The Morgan fingerprint density at radius 3 is 2.31 bits per heavy atom. The Morgan fingerprint density at radius 1 is 1.23 bits per heavy atom. The Balaban J connectivity index is 3.53. The predicted molar refractivity (Wildman–Crippen MR) is 51.9 cm³/mol. The highest BCUT2D eigenvalue weighted by atomic mass is 16.5. The number of aryl methyl sites for hydroxylation is 2. The van der Waals surface area contributed by atoms with E-state index in [1.807, 2.05) is 26.8 Å². The van der Waals surface area contributed by atoms with E-state index >= 15 is 0 Å². The van der Waals surface area contributed by atoms with Crippen LogP contribution in [0.5, 0.6) is 5.75 Å². The zero-order valence-corrected chi connectivity index (χ0v) is 8.43. The van der Waals surface area contributed by atoms with Crippen LogP contribution in [0.4, 0.5) is 0 Å². The summed E-state index contributed by atoms with van der Waals surface area (Å²) in [6.07, 6.45) is 0. The number of benzene rings is 1. The molecule has 0 fully saturated rings. The molecule has 0 heterocycles. The first-order valence-corrected chi connectivity index (χ1v) is 4.16. The molecule has 0 aromatic heterocycles. The van der Waals surface area contributed by atoms with Gasteiger partial charge in [-0.1, -0.05) is 6.07 Å². The third kappa shape index (κ3) is 1.50. The van der Waals surface area contributed by atoms with Gasteiger partial charge in [-0.15, -0.1) is 0 Å². The lowest BCUT2D eigenvalue weighted by Gasteiger charge is -2.11. The lowest BCUT2D eigenvalue weighted by atomic mass is 10.00. The zero-order valence-electron chi connectivity index (χ0n) is 8.43. The average molecular weight is 175 g/mol. The number of methoxy groups -OCH3 is 1. The van der Waals surface area contributed by atoms with Gasteiger partial charge in [0.25, 0.3) is 0 Å². The third-order valence-corrected chi connectivity index (χ3v) is 2.30. The molecule has 2 heteroatoms. The summed E-state index contributed by atoms with van der Waals surface area (Å²) in [4.78, 5) is 0. The lowest BCUT2D eigenvalue weighted by molar-refractivity contribution is 0.409. The van der Waals surface area contributed by atoms with Crippen LogP contribution in [-0.4, -0.2) is 7.11 Å². The van der Waals surface area contributed by atoms with Gasteiger partial charge in [0.15, 0.2) is 0 Å². The van der Waals surface area contributed by atoms with Crippen molar-refractivity contribution in [3.05, 3.63) is 28.3 Å². The van der Waals surface area contributed by atoms with Gasteiger partial charge >= 0.3 is 0 Å². The molecule has 0 N–H and O–H groups in total. The molecular formula is C11H13NO. The number of nitrogens with zero attached hydrogens (tertiary/aromatic N) is 1. The van der Waals surface area contributed by atoms with E-state index in [0.29, 0.717) is 11.3 Å². The number of nitriles is 1. The Kier molecular flexibility index (Phi) is 2.57. The summed E-state index contributed by atoms with van der Waals surface area (Å²) in [5.41, 5.74) is 3.83. The van der Waals surface area contributed by atoms with Gasteiger partial charge in [0, 0.05) is 0 Å². The van der Waals surface area contributed by atoms with Crippen molar-refractivity contribution in [2.24, 2.45) is 0 Å². The summed E-state index contributed by atoms with van der Waals surface area (Å²) >= 11 is 0. The molecule has 0 amide bonds. The zero-order chi connectivity index (χ0) is 10.0. The van der Waals surface area contributed by atoms with Gasteiger partial charge in [0.05, 0.1) is 12.7 Å². The van der Waals surface area contributed by atoms with Crippen molar-refractivity contribution >= 4 is 0 Å². The Labute approximate surface area is 78.8 Å². The van der Waals surface area contributed by atoms with Gasteiger partial charge in [-0.2, -0.15) is 5.26 Å². The van der Waals surface area contributed by atoms with Gasteiger partial charge in [-0.25, -0.2) is 0 Å². The fraction of sp³-hybridized carbons (Fsp3) is 0.364. The van der Waals surface area contributed by atoms with Crippen molar-refractivity contribution in [1.82, 2.24) is 0 Å². The Bertz CT molecular complexity index is 375. The SMILES string of the molecule is COc1c(C)c(C)cc(C)c1C#N. The van der Waals surface area contributed by atoms with E-state index in [4.69, 9.17) is 10.00 Å². The standard InChI is InChI=1S/C11H13NO/c1-7-5-8(2)10(6-12)11(13-4)9(7)3/h5H,1-4H3.